The molecule has 0 aliphatic heterocycles. The molecule has 0 aromatic carbocycles. The molecule has 0 saturated heterocycles. The summed E-state index contributed by atoms with van der Waals surface area (Å²) in [7, 11) is 0. The van der Waals surface area contributed by atoms with Gasteiger partial charge in [-0.3, -0.25) is 4.68 Å². The first kappa shape index (κ1) is 8.46. The summed E-state index contributed by atoms with van der Waals surface area (Å²) in [5, 5.41) is 4.01. The van der Waals surface area contributed by atoms with Crippen LogP contribution in [0.4, 0.5) is 0 Å². The zero-order chi connectivity index (χ0) is 8.27. The molecule has 1 unspecified atom stereocenters. The minimum Gasteiger partial charge on any atom is -0.303 e. The molecule has 0 spiro atoms. The van der Waals surface area contributed by atoms with Gasteiger partial charge >= 0.3 is 0 Å². The summed E-state index contributed by atoms with van der Waals surface area (Å²) in [6.07, 6.45) is 4.48. The lowest BCUT2D eigenvalue weighted by Gasteiger charge is -2.01. The van der Waals surface area contributed by atoms with Crippen LogP contribution in [0.15, 0.2) is 16.9 Å². The highest BCUT2D eigenvalue weighted by atomic mass is 79.9. The van der Waals surface area contributed by atoms with Crippen LogP contribution in [0.25, 0.3) is 0 Å². The van der Waals surface area contributed by atoms with Crippen LogP contribution in [0.2, 0.25) is 0 Å². The van der Waals surface area contributed by atoms with E-state index in [0.29, 0.717) is 6.54 Å². The number of hydrogen-bond donors (Lipinski definition) is 0. The summed E-state index contributed by atoms with van der Waals surface area (Å²) in [6.45, 7) is 2.51. The average Bonchev–Trinajstić information content (AvgIpc) is 2.35. The number of rotatable bonds is 3. The fraction of sp³-hybridized carbons (Fsp3) is 0.429. The second-order valence-electron chi connectivity index (χ2n) is 2.49. The molecule has 3 nitrogen and oxygen atoms in total. The molecule has 0 radical (unpaired) electrons. The Morgan fingerprint density at radius 3 is 3.09 bits per heavy atom. The number of carbonyl (C=O) groups is 1. The SMILES string of the molecule is CC(C=O)Cn1cc(Br)cn1. The minimum atomic E-state index is 0.0294. The molecule has 1 rings (SSSR count). The quantitative estimate of drug-likeness (QED) is 0.718. The van der Waals surface area contributed by atoms with Gasteiger partial charge in [-0.05, 0) is 15.9 Å². The highest BCUT2D eigenvalue weighted by Crippen LogP contribution is 2.07. The molecule has 4 heteroatoms. The third-order valence-corrected chi connectivity index (χ3v) is 1.72. The van der Waals surface area contributed by atoms with Crippen LogP contribution in [0.5, 0.6) is 0 Å². The molecule has 0 N–H and O–H groups in total. The number of hydrogen-bond acceptors (Lipinski definition) is 2. The van der Waals surface area contributed by atoms with Crippen molar-refractivity contribution in [2.45, 2.75) is 13.5 Å². The molecule has 1 atom stereocenters. The molecular formula is C7H9BrN2O. The van der Waals surface area contributed by atoms with Crippen LogP contribution in [0, 0.1) is 5.92 Å². The van der Waals surface area contributed by atoms with Crippen molar-refractivity contribution < 1.29 is 4.79 Å². The smallest absolute Gasteiger partial charge is 0.124 e. The van der Waals surface area contributed by atoms with Gasteiger partial charge in [0.25, 0.3) is 0 Å². The monoisotopic (exact) mass is 216 g/mol. The summed E-state index contributed by atoms with van der Waals surface area (Å²) < 4.78 is 2.68. The van der Waals surface area contributed by atoms with E-state index in [1.807, 2.05) is 13.1 Å². The lowest BCUT2D eigenvalue weighted by atomic mass is 10.2. The van der Waals surface area contributed by atoms with Crippen molar-refractivity contribution in [2.75, 3.05) is 0 Å². The van der Waals surface area contributed by atoms with Crippen LogP contribution in [-0.4, -0.2) is 16.1 Å². The van der Waals surface area contributed by atoms with Crippen LogP contribution < -0.4 is 0 Å². The van der Waals surface area contributed by atoms with Crippen LogP contribution in [-0.2, 0) is 11.3 Å². The molecule has 1 heterocycles. The number of aldehydes is 1. The standard InChI is InChI=1S/C7H9BrN2O/c1-6(5-11)3-10-4-7(8)2-9-10/h2,4-6H,3H2,1H3. The first-order valence-corrected chi connectivity index (χ1v) is 4.15. The molecule has 60 valence electrons. The molecule has 0 saturated carbocycles. The van der Waals surface area contributed by atoms with Gasteiger partial charge in [0.15, 0.2) is 0 Å². The number of carbonyl (C=O) groups excluding carboxylic acids is 1. The van der Waals surface area contributed by atoms with E-state index in [4.69, 9.17) is 0 Å². The molecule has 1 aromatic rings. The lowest BCUT2D eigenvalue weighted by molar-refractivity contribution is -0.111. The van der Waals surface area contributed by atoms with E-state index in [0.717, 1.165) is 10.8 Å². The summed E-state index contributed by atoms with van der Waals surface area (Å²) in [6, 6.07) is 0. The molecule has 0 amide bonds. The first-order valence-electron chi connectivity index (χ1n) is 3.35. The largest absolute Gasteiger partial charge is 0.303 e. The van der Waals surface area contributed by atoms with E-state index in [2.05, 4.69) is 21.0 Å². The second-order valence-corrected chi connectivity index (χ2v) is 3.41. The zero-order valence-corrected chi connectivity index (χ0v) is 7.78. The Bertz CT molecular complexity index is 246. The highest BCUT2D eigenvalue weighted by Gasteiger charge is 2.01. The fourth-order valence-corrected chi connectivity index (χ4v) is 1.10. The van der Waals surface area contributed by atoms with E-state index in [1.54, 1.807) is 10.9 Å². The van der Waals surface area contributed by atoms with Crippen LogP contribution in [0.1, 0.15) is 6.92 Å². The first-order chi connectivity index (χ1) is 5.22. The third-order valence-electron chi connectivity index (χ3n) is 1.31. The van der Waals surface area contributed by atoms with Gasteiger partial charge in [0.1, 0.15) is 6.29 Å². The zero-order valence-electron chi connectivity index (χ0n) is 6.20. The van der Waals surface area contributed by atoms with Crippen molar-refractivity contribution in [1.82, 2.24) is 9.78 Å². The molecule has 0 aliphatic rings. The molecule has 1 aromatic heterocycles. The Labute approximate surface area is 73.5 Å². The maximum Gasteiger partial charge on any atom is 0.124 e. The van der Waals surface area contributed by atoms with Crippen molar-refractivity contribution in [2.24, 2.45) is 5.92 Å². The van der Waals surface area contributed by atoms with Gasteiger partial charge in [-0.2, -0.15) is 5.10 Å². The van der Waals surface area contributed by atoms with Gasteiger partial charge in [-0.25, -0.2) is 0 Å². The second kappa shape index (κ2) is 3.67. The van der Waals surface area contributed by atoms with Crippen molar-refractivity contribution in [3.63, 3.8) is 0 Å². The maximum absolute atomic E-state index is 10.3. The topological polar surface area (TPSA) is 34.9 Å². The van der Waals surface area contributed by atoms with Crippen LogP contribution >= 0.6 is 15.9 Å². The Morgan fingerprint density at radius 1 is 1.91 bits per heavy atom. The van der Waals surface area contributed by atoms with Gasteiger partial charge in [0.05, 0.1) is 17.2 Å². The van der Waals surface area contributed by atoms with Gasteiger partial charge in [0, 0.05) is 12.1 Å². The molecular weight excluding hydrogens is 208 g/mol. The van der Waals surface area contributed by atoms with E-state index < -0.39 is 0 Å². The summed E-state index contributed by atoms with van der Waals surface area (Å²) >= 11 is 3.27. The van der Waals surface area contributed by atoms with E-state index in [-0.39, 0.29) is 5.92 Å². The van der Waals surface area contributed by atoms with E-state index in [9.17, 15) is 4.79 Å². The van der Waals surface area contributed by atoms with Gasteiger partial charge in [-0.15, -0.1) is 0 Å². The van der Waals surface area contributed by atoms with Crippen LogP contribution in [0.3, 0.4) is 0 Å². The van der Waals surface area contributed by atoms with Gasteiger partial charge in [-0.1, -0.05) is 6.92 Å². The maximum atomic E-state index is 10.3. The average molecular weight is 217 g/mol. The lowest BCUT2D eigenvalue weighted by Crippen LogP contribution is -2.08. The Hall–Kier alpha value is -0.640. The molecule has 0 aliphatic carbocycles. The summed E-state index contributed by atoms with van der Waals surface area (Å²) in [5.41, 5.74) is 0. The van der Waals surface area contributed by atoms with Crippen molar-refractivity contribution in [3.8, 4) is 0 Å². The predicted octanol–water partition coefficient (Wildman–Crippen LogP) is 1.48. The molecule has 0 fully saturated rings. The fourth-order valence-electron chi connectivity index (χ4n) is 0.776. The normalized spacial score (nSPS) is 12.9. The van der Waals surface area contributed by atoms with Crippen molar-refractivity contribution >= 4 is 22.2 Å². The summed E-state index contributed by atoms with van der Waals surface area (Å²) in [4.78, 5) is 10.3. The Morgan fingerprint density at radius 2 is 2.64 bits per heavy atom. The van der Waals surface area contributed by atoms with E-state index >= 15 is 0 Å². The Balaban J connectivity index is 2.57. The summed E-state index contributed by atoms with van der Waals surface area (Å²) in [5.74, 6) is 0.0294. The van der Waals surface area contributed by atoms with Gasteiger partial charge in [0.2, 0.25) is 0 Å². The highest BCUT2D eigenvalue weighted by molar-refractivity contribution is 9.10. The third kappa shape index (κ3) is 2.46. The number of nitrogens with zero attached hydrogens (tertiary/aromatic N) is 2. The predicted molar refractivity (Wildman–Crippen MR) is 45.2 cm³/mol. The van der Waals surface area contributed by atoms with Crippen molar-refractivity contribution in [3.05, 3.63) is 16.9 Å². The Kier molecular flexibility index (Phi) is 2.82. The molecule has 0 bridgehead atoms. The minimum absolute atomic E-state index is 0.0294. The van der Waals surface area contributed by atoms with E-state index in [1.165, 1.54) is 0 Å². The van der Waals surface area contributed by atoms with Gasteiger partial charge < -0.3 is 4.79 Å². The van der Waals surface area contributed by atoms with Crippen molar-refractivity contribution in [1.29, 1.82) is 0 Å². The molecule has 11 heavy (non-hydrogen) atoms. The number of aromatic nitrogens is 2. The number of halogens is 1.